The third-order valence-corrected chi connectivity index (χ3v) is 5.22. The molecule has 0 unspecified atom stereocenters. The van der Waals surface area contributed by atoms with Crippen LogP contribution in [-0.2, 0) is 16.9 Å². The van der Waals surface area contributed by atoms with Gasteiger partial charge in [-0.1, -0.05) is 0 Å². The van der Waals surface area contributed by atoms with Crippen LogP contribution in [0.15, 0.2) is 61.7 Å². The summed E-state index contributed by atoms with van der Waals surface area (Å²) in [7, 11) is -2.03. The third kappa shape index (κ3) is 3.67. The van der Waals surface area contributed by atoms with Gasteiger partial charge in [-0.15, -0.1) is 0 Å². The first-order valence-electron chi connectivity index (χ1n) is 8.09. The van der Waals surface area contributed by atoms with Gasteiger partial charge in [0.05, 0.1) is 10.6 Å². The highest BCUT2D eigenvalue weighted by Crippen LogP contribution is 2.27. The minimum absolute atomic E-state index is 0.181. The Labute approximate surface area is 159 Å². The molecule has 9 nitrogen and oxygen atoms in total. The summed E-state index contributed by atoms with van der Waals surface area (Å²) in [4.78, 5) is 38.0. The van der Waals surface area contributed by atoms with Crippen LogP contribution in [0.5, 0.6) is 11.5 Å². The number of nitrogens with zero attached hydrogens (tertiary/aromatic N) is 2. The maximum Gasteiger partial charge on any atom is 0.340 e. The van der Waals surface area contributed by atoms with Gasteiger partial charge < -0.3 is 4.74 Å². The van der Waals surface area contributed by atoms with Crippen molar-refractivity contribution in [3.63, 3.8) is 0 Å². The molecule has 0 aliphatic heterocycles. The van der Waals surface area contributed by atoms with Gasteiger partial charge in [0.2, 0.25) is 0 Å². The summed E-state index contributed by atoms with van der Waals surface area (Å²) < 4.78 is 30.4. The number of hydrogen-bond donors (Lipinski definition) is 1. The molecule has 0 fully saturated rings. The number of aromatic nitrogens is 3. The van der Waals surface area contributed by atoms with Crippen molar-refractivity contribution in [1.82, 2.24) is 14.1 Å². The standard InChI is InChI=1S/C18H17N3O6S/c1-11-10-12(21-17(23)19-16(22)20(2)18(21)24)4-9-15(11)27-13-5-7-14(8-6-13)28(3,25)26/h4-10H,1-3H3,(H,19,22,23). The van der Waals surface area contributed by atoms with E-state index in [4.69, 9.17) is 4.74 Å². The van der Waals surface area contributed by atoms with E-state index in [-0.39, 0.29) is 10.6 Å². The van der Waals surface area contributed by atoms with E-state index < -0.39 is 26.9 Å². The number of ether oxygens (including phenoxy) is 1. The molecular weight excluding hydrogens is 386 g/mol. The molecular formula is C18H17N3O6S. The number of H-pyrrole nitrogens is 1. The fourth-order valence-electron chi connectivity index (χ4n) is 2.55. The van der Waals surface area contributed by atoms with Gasteiger partial charge in [-0.2, -0.15) is 0 Å². The van der Waals surface area contributed by atoms with Crippen LogP contribution in [0.2, 0.25) is 0 Å². The summed E-state index contributed by atoms with van der Waals surface area (Å²) >= 11 is 0. The number of hydrogen-bond acceptors (Lipinski definition) is 6. The summed E-state index contributed by atoms with van der Waals surface area (Å²) in [6.07, 6.45) is 1.12. The molecule has 3 aromatic rings. The average Bonchev–Trinajstić information content (AvgIpc) is 2.62. The Morgan fingerprint density at radius 2 is 1.61 bits per heavy atom. The molecule has 0 bridgehead atoms. The molecule has 1 N–H and O–H groups in total. The molecule has 1 aromatic heterocycles. The van der Waals surface area contributed by atoms with Crippen molar-refractivity contribution in [3.05, 3.63) is 79.5 Å². The zero-order chi connectivity index (χ0) is 20.6. The van der Waals surface area contributed by atoms with Crippen molar-refractivity contribution in [2.24, 2.45) is 7.05 Å². The van der Waals surface area contributed by atoms with Gasteiger partial charge >= 0.3 is 17.1 Å². The van der Waals surface area contributed by atoms with Crippen LogP contribution in [0.1, 0.15) is 5.56 Å². The molecule has 1 heterocycles. The first-order valence-corrected chi connectivity index (χ1v) is 9.98. The van der Waals surface area contributed by atoms with Crippen molar-refractivity contribution < 1.29 is 13.2 Å². The zero-order valence-corrected chi connectivity index (χ0v) is 16.1. The minimum Gasteiger partial charge on any atom is -0.457 e. The molecule has 0 aliphatic rings. The van der Waals surface area contributed by atoms with E-state index in [2.05, 4.69) is 4.98 Å². The quantitative estimate of drug-likeness (QED) is 0.686. The van der Waals surface area contributed by atoms with E-state index in [9.17, 15) is 22.8 Å². The monoisotopic (exact) mass is 403 g/mol. The van der Waals surface area contributed by atoms with Crippen LogP contribution in [0.3, 0.4) is 0 Å². The Morgan fingerprint density at radius 3 is 2.18 bits per heavy atom. The Morgan fingerprint density at radius 1 is 0.964 bits per heavy atom. The summed E-state index contributed by atoms with van der Waals surface area (Å²) in [5.74, 6) is 0.894. The van der Waals surface area contributed by atoms with Gasteiger partial charge in [-0.05, 0) is 55.0 Å². The van der Waals surface area contributed by atoms with Crippen molar-refractivity contribution in [1.29, 1.82) is 0 Å². The second kappa shape index (κ2) is 6.97. The number of aryl methyl sites for hydroxylation is 1. The fraction of sp³-hybridized carbons (Fsp3) is 0.167. The Bertz CT molecular complexity index is 1330. The Balaban J connectivity index is 1.96. The van der Waals surface area contributed by atoms with Crippen LogP contribution < -0.4 is 21.8 Å². The second-order valence-electron chi connectivity index (χ2n) is 6.21. The normalized spacial score (nSPS) is 11.4. The maximum atomic E-state index is 12.2. The van der Waals surface area contributed by atoms with Gasteiger partial charge in [0.15, 0.2) is 9.84 Å². The minimum atomic E-state index is -3.30. The number of benzene rings is 2. The molecule has 2 aromatic carbocycles. The zero-order valence-electron chi connectivity index (χ0n) is 15.3. The first-order chi connectivity index (χ1) is 13.1. The lowest BCUT2D eigenvalue weighted by atomic mass is 10.2. The predicted molar refractivity (Wildman–Crippen MR) is 102 cm³/mol. The maximum absolute atomic E-state index is 12.2. The SMILES string of the molecule is Cc1cc(-n2c(=O)[nH]c(=O)n(C)c2=O)ccc1Oc1ccc(S(C)(=O)=O)cc1. The highest BCUT2D eigenvalue weighted by Gasteiger charge is 2.12. The third-order valence-electron chi connectivity index (χ3n) is 4.10. The van der Waals surface area contributed by atoms with Crippen LogP contribution in [-0.4, -0.2) is 28.8 Å². The van der Waals surface area contributed by atoms with Gasteiger partial charge in [0.25, 0.3) is 0 Å². The van der Waals surface area contributed by atoms with Crippen molar-refractivity contribution in [2.75, 3.05) is 6.26 Å². The number of rotatable bonds is 4. The summed E-state index contributed by atoms with van der Waals surface area (Å²) in [6, 6.07) is 10.6. The molecule has 0 spiro atoms. The van der Waals surface area contributed by atoms with E-state index in [1.807, 2.05) is 0 Å². The van der Waals surface area contributed by atoms with Crippen LogP contribution in [0.25, 0.3) is 5.69 Å². The molecule has 0 saturated heterocycles. The fourth-order valence-corrected chi connectivity index (χ4v) is 3.18. The Hall–Kier alpha value is -3.40. The predicted octanol–water partition coefficient (Wildman–Crippen LogP) is 0.729. The highest BCUT2D eigenvalue weighted by molar-refractivity contribution is 7.90. The van der Waals surface area contributed by atoms with E-state index >= 15 is 0 Å². The molecule has 0 aliphatic carbocycles. The largest absolute Gasteiger partial charge is 0.457 e. The summed E-state index contributed by atoms with van der Waals surface area (Å²) in [5.41, 5.74) is -1.49. The average molecular weight is 403 g/mol. The van der Waals surface area contributed by atoms with E-state index in [1.165, 1.54) is 37.4 Å². The van der Waals surface area contributed by atoms with Gasteiger partial charge in [-0.3, -0.25) is 4.98 Å². The van der Waals surface area contributed by atoms with Gasteiger partial charge in [-0.25, -0.2) is 31.9 Å². The first kappa shape index (κ1) is 19.4. The molecule has 0 radical (unpaired) electrons. The lowest BCUT2D eigenvalue weighted by Crippen LogP contribution is -2.47. The number of aromatic amines is 1. The highest BCUT2D eigenvalue weighted by atomic mass is 32.2. The molecule has 0 atom stereocenters. The smallest absolute Gasteiger partial charge is 0.340 e. The second-order valence-corrected chi connectivity index (χ2v) is 8.22. The lowest BCUT2D eigenvalue weighted by Gasteiger charge is -2.12. The van der Waals surface area contributed by atoms with Gasteiger partial charge in [0, 0.05) is 13.3 Å². The molecule has 28 heavy (non-hydrogen) atoms. The van der Waals surface area contributed by atoms with Crippen molar-refractivity contribution >= 4 is 9.84 Å². The van der Waals surface area contributed by atoms with E-state index in [1.54, 1.807) is 19.1 Å². The summed E-state index contributed by atoms with van der Waals surface area (Å²) in [6.45, 7) is 1.73. The summed E-state index contributed by atoms with van der Waals surface area (Å²) in [5, 5.41) is 0. The van der Waals surface area contributed by atoms with Crippen LogP contribution >= 0.6 is 0 Å². The topological polar surface area (TPSA) is 120 Å². The van der Waals surface area contributed by atoms with Crippen LogP contribution in [0, 0.1) is 6.92 Å². The van der Waals surface area contributed by atoms with Crippen LogP contribution in [0.4, 0.5) is 0 Å². The molecule has 0 saturated carbocycles. The molecule has 0 amide bonds. The van der Waals surface area contributed by atoms with E-state index in [0.717, 1.165) is 15.4 Å². The molecule has 10 heteroatoms. The number of sulfone groups is 1. The lowest BCUT2D eigenvalue weighted by molar-refractivity contribution is 0.478. The Kier molecular flexibility index (Phi) is 4.82. The number of nitrogens with one attached hydrogen (secondary N) is 1. The molecule has 3 rings (SSSR count). The van der Waals surface area contributed by atoms with E-state index in [0.29, 0.717) is 17.1 Å². The van der Waals surface area contributed by atoms with Gasteiger partial charge in [0.1, 0.15) is 11.5 Å². The van der Waals surface area contributed by atoms with Crippen molar-refractivity contribution in [2.45, 2.75) is 11.8 Å². The molecule has 146 valence electrons. The van der Waals surface area contributed by atoms with Crippen molar-refractivity contribution in [3.8, 4) is 17.2 Å².